The van der Waals surface area contributed by atoms with E-state index in [-0.39, 0.29) is 18.3 Å². The van der Waals surface area contributed by atoms with Gasteiger partial charge < -0.3 is 14.4 Å². The van der Waals surface area contributed by atoms with E-state index in [9.17, 15) is 9.59 Å². The Morgan fingerprint density at radius 1 is 1.41 bits per heavy atom. The Balaban J connectivity index is 2.61. The third-order valence-electron chi connectivity index (χ3n) is 2.27. The predicted molar refractivity (Wildman–Crippen MR) is 64.5 cm³/mol. The summed E-state index contributed by atoms with van der Waals surface area (Å²) in [6.45, 7) is 0.326. The van der Waals surface area contributed by atoms with Crippen LogP contribution in [0.5, 0.6) is 5.75 Å². The van der Waals surface area contributed by atoms with Gasteiger partial charge in [0.2, 0.25) is 0 Å². The number of ether oxygens (including phenoxy) is 2. The highest BCUT2D eigenvalue weighted by molar-refractivity contribution is 7.12. The monoisotopic (exact) mass is 257 g/mol. The Bertz CT molecular complexity index is 402. The van der Waals surface area contributed by atoms with Crippen molar-refractivity contribution in [1.29, 1.82) is 0 Å². The van der Waals surface area contributed by atoms with Crippen molar-refractivity contribution in [2.75, 3.05) is 27.8 Å². The Hall–Kier alpha value is -1.56. The van der Waals surface area contributed by atoms with E-state index in [1.807, 2.05) is 0 Å². The number of hydrogen-bond acceptors (Lipinski definition) is 5. The van der Waals surface area contributed by atoms with Gasteiger partial charge in [-0.2, -0.15) is 0 Å². The van der Waals surface area contributed by atoms with Crippen molar-refractivity contribution in [3.05, 3.63) is 16.3 Å². The van der Waals surface area contributed by atoms with Gasteiger partial charge in [0.15, 0.2) is 0 Å². The maximum atomic E-state index is 12.0. The fourth-order valence-electron chi connectivity index (χ4n) is 1.25. The number of methoxy groups -OCH3 is 2. The molecular formula is C11H15NO4S. The van der Waals surface area contributed by atoms with Crippen LogP contribution in [0.3, 0.4) is 0 Å². The molecule has 0 aromatic carbocycles. The van der Waals surface area contributed by atoms with Crippen LogP contribution in [0.15, 0.2) is 11.4 Å². The van der Waals surface area contributed by atoms with Gasteiger partial charge in [0.05, 0.1) is 20.6 Å². The van der Waals surface area contributed by atoms with Crippen molar-refractivity contribution in [3.63, 3.8) is 0 Å². The largest absolute Gasteiger partial charge is 0.495 e. The second-order valence-corrected chi connectivity index (χ2v) is 4.29. The van der Waals surface area contributed by atoms with Crippen LogP contribution in [0.4, 0.5) is 0 Å². The molecular weight excluding hydrogens is 242 g/mol. The van der Waals surface area contributed by atoms with Gasteiger partial charge in [-0.25, -0.2) is 0 Å². The van der Waals surface area contributed by atoms with Crippen molar-refractivity contribution in [3.8, 4) is 5.75 Å². The van der Waals surface area contributed by atoms with Gasteiger partial charge in [0.25, 0.3) is 5.91 Å². The second kappa shape index (κ2) is 6.24. The normalized spacial score (nSPS) is 9.82. The number of nitrogens with zero attached hydrogens (tertiary/aromatic N) is 1. The van der Waals surface area contributed by atoms with Crippen molar-refractivity contribution in [1.82, 2.24) is 4.90 Å². The minimum Gasteiger partial charge on any atom is -0.495 e. The van der Waals surface area contributed by atoms with Crippen LogP contribution in [0.1, 0.15) is 16.1 Å². The van der Waals surface area contributed by atoms with Crippen LogP contribution in [0.25, 0.3) is 0 Å². The summed E-state index contributed by atoms with van der Waals surface area (Å²) in [6, 6.07) is 1.74. The highest BCUT2D eigenvalue weighted by Gasteiger charge is 2.18. The van der Waals surface area contributed by atoms with Gasteiger partial charge in [-0.1, -0.05) is 0 Å². The van der Waals surface area contributed by atoms with E-state index in [2.05, 4.69) is 4.74 Å². The van der Waals surface area contributed by atoms with Gasteiger partial charge in [0, 0.05) is 13.6 Å². The van der Waals surface area contributed by atoms with Crippen molar-refractivity contribution >= 4 is 23.2 Å². The predicted octanol–water partition coefficient (Wildman–Crippen LogP) is 1.39. The number of rotatable bonds is 5. The highest BCUT2D eigenvalue weighted by atomic mass is 32.1. The van der Waals surface area contributed by atoms with Crippen LogP contribution < -0.4 is 4.74 Å². The molecule has 0 N–H and O–H groups in total. The van der Waals surface area contributed by atoms with Crippen molar-refractivity contribution < 1.29 is 19.1 Å². The van der Waals surface area contributed by atoms with E-state index >= 15 is 0 Å². The smallest absolute Gasteiger partial charge is 0.307 e. The molecule has 1 heterocycles. The molecule has 0 unspecified atom stereocenters. The first-order valence-electron chi connectivity index (χ1n) is 5.04. The average Bonchev–Trinajstić information content (AvgIpc) is 2.82. The maximum absolute atomic E-state index is 12.0. The Morgan fingerprint density at radius 3 is 2.71 bits per heavy atom. The minimum atomic E-state index is -0.331. The summed E-state index contributed by atoms with van der Waals surface area (Å²) in [4.78, 5) is 25.0. The third-order valence-corrected chi connectivity index (χ3v) is 3.15. The molecule has 0 saturated carbocycles. The maximum Gasteiger partial charge on any atom is 0.307 e. The van der Waals surface area contributed by atoms with Gasteiger partial charge in [-0.3, -0.25) is 9.59 Å². The molecule has 0 fully saturated rings. The Morgan fingerprint density at radius 2 is 2.12 bits per heavy atom. The second-order valence-electron chi connectivity index (χ2n) is 3.37. The standard InChI is InChI=1S/C11H15NO4S/c1-12(6-4-9(13)16-3)11(14)10-8(15-2)5-7-17-10/h5,7H,4,6H2,1-3H3. The molecule has 0 spiro atoms. The molecule has 1 aromatic heterocycles. The molecule has 5 nitrogen and oxygen atoms in total. The zero-order valence-corrected chi connectivity index (χ0v) is 10.9. The fourth-order valence-corrected chi connectivity index (χ4v) is 2.10. The summed E-state index contributed by atoms with van der Waals surface area (Å²) in [5, 5.41) is 1.79. The SMILES string of the molecule is COC(=O)CCN(C)C(=O)c1sccc1OC. The average molecular weight is 257 g/mol. The lowest BCUT2D eigenvalue weighted by Crippen LogP contribution is -2.28. The van der Waals surface area contributed by atoms with Crippen LogP contribution in [0.2, 0.25) is 0 Å². The van der Waals surface area contributed by atoms with Gasteiger partial charge in [-0.05, 0) is 11.4 Å². The Kier molecular flexibility index (Phi) is 4.96. The fraction of sp³-hybridized carbons (Fsp3) is 0.455. The van der Waals surface area contributed by atoms with Crippen LogP contribution in [-0.2, 0) is 9.53 Å². The van der Waals surface area contributed by atoms with E-state index < -0.39 is 0 Å². The van der Waals surface area contributed by atoms with E-state index in [4.69, 9.17) is 4.74 Å². The van der Waals surface area contributed by atoms with Gasteiger partial charge in [-0.15, -0.1) is 11.3 Å². The van der Waals surface area contributed by atoms with Crippen molar-refractivity contribution in [2.45, 2.75) is 6.42 Å². The van der Waals surface area contributed by atoms with Crippen LogP contribution in [0, 0.1) is 0 Å². The number of thiophene rings is 1. The molecule has 0 atom stereocenters. The summed E-state index contributed by atoms with van der Waals surface area (Å²) in [5.74, 6) is 0.0773. The number of carbonyl (C=O) groups excluding carboxylic acids is 2. The summed E-state index contributed by atoms with van der Waals surface area (Å²) in [7, 11) is 4.49. The molecule has 0 aliphatic heterocycles. The van der Waals surface area contributed by atoms with Crippen LogP contribution in [-0.4, -0.2) is 44.6 Å². The quantitative estimate of drug-likeness (QED) is 0.748. The topological polar surface area (TPSA) is 55.8 Å². The first-order chi connectivity index (χ1) is 8.10. The lowest BCUT2D eigenvalue weighted by molar-refractivity contribution is -0.140. The zero-order valence-electron chi connectivity index (χ0n) is 10.1. The van der Waals surface area contributed by atoms with E-state index in [1.165, 1.54) is 30.5 Å². The summed E-state index contributed by atoms with van der Waals surface area (Å²) in [5.41, 5.74) is 0. The Labute approximate surface area is 104 Å². The first-order valence-corrected chi connectivity index (χ1v) is 5.92. The molecule has 0 aliphatic carbocycles. The molecule has 1 rings (SSSR count). The zero-order chi connectivity index (χ0) is 12.8. The number of carbonyl (C=O) groups is 2. The summed E-state index contributed by atoms with van der Waals surface area (Å²) < 4.78 is 9.59. The molecule has 0 radical (unpaired) electrons. The molecule has 0 bridgehead atoms. The summed E-state index contributed by atoms with van der Waals surface area (Å²) >= 11 is 1.32. The molecule has 1 aromatic rings. The van der Waals surface area contributed by atoms with E-state index in [0.29, 0.717) is 17.2 Å². The number of amides is 1. The molecule has 17 heavy (non-hydrogen) atoms. The lowest BCUT2D eigenvalue weighted by atomic mass is 10.3. The molecule has 6 heteroatoms. The van der Waals surface area contributed by atoms with Gasteiger partial charge >= 0.3 is 5.97 Å². The highest BCUT2D eigenvalue weighted by Crippen LogP contribution is 2.25. The summed E-state index contributed by atoms with van der Waals surface area (Å²) in [6.07, 6.45) is 0.187. The van der Waals surface area contributed by atoms with Gasteiger partial charge in [0.1, 0.15) is 10.6 Å². The number of esters is 1. The molecule has 0 aliphatic rings. The first kappa shape index (κ1) is 13.5. The molecule has 1 amide bonds. The lowest BCUT2D eigenvalue weighted by Gasteiger charge is -2.16. The van der Waals surface area contributed by atoms with E-state index in [1.54, 1.807) is 18.5 Å². The van der Waals surface area contributed by atoms with E-state index in [0.717, 1.165) is 0 Å². The van der Waals surface area contributed by atoms with Crippen LogP contribution >= 0.6 is 11.3 Å². The molecule has 0 saturated heterocycles. The van der Waals surface area contributed by atoms with Crippen molar-refractivity contribution in [2.24, 2.45) is 0 Å². The third kappa shape index (κ3) is 3.45. The molecule has 94 valence electrons. The number of hydrogen-bond donors (Lipinski definition) is 0. The minimum absolute atomic E-state index is 0.152.